The summed E-state index contributed by atoms with van der Waals surface area (Å²) in [5.74, 6) is 0. The minimum absolute atomic E-state index is 0.423. The maximum Gasteiger partial charge on any atom is 0.131 e. The third kappa shape index (κ3) is 2.70. The van der Waals surface area contributed by atoms with E-state index in [9.17, 15) is 5.26 Å². The maximum atomic E-state index is 9.22. The predicted octanol–water partition coefficient (Wildman–Crippen LogP) is 6.10. The summed E-state index contributed by atoms with van der Waals surface area (Å²) in [5, 5.41) is 13.2. The van der Waals surface area contributed by atoms with E-state index >= 15 is 0 Å². The van der Waals surface area contributed by atoms with Gasteiger partial charge >= 0.3 is 0 Å². The van der Waals surface area contributed by atoms with Gasteiger partial charge in [0.1, 0.15) is 17.4 Å². The van der Waals surface area contributed by atoms with E-state index in [2.05, 4.69) is 36.0 Å². The van der Waals surface area contributed by atoms with Crippen LogP contribution in [0.15, 0.2) is 37.5 Å². The van der Waals surface area contributed by atoms with Crippen LogP contribution in [0.2, 0.25) is 10.0 Å². The Morgan fingerprint density at radius 1 is 1.14 bits per heavy atom. The van der Waals surface area contributed by atoms with Crippen molar-refractivity contribution in [1.82, 2.24) is 0 Å². The summed E-state index contributed by atoms with van der Waals surface area (Å²) in [6.07, 6.45) is 0. The van der Waals surface area contributed by atoms with Gasteiger partial charge < -0.3 is 5.32 Å². The summed E-state index contributed by atoms with van der Waals surface area (Å²) in [6, 6.07) is 9.10. The monoisotopic (exact) mass is 398 g/mol. The second-order valence-corrected chi connectivity index (χ2v) is 6.36. The van der Waals surface area contributed by atoms with Gasteiger partial charge in [0, 0.05) is 4.47 Å². The molecule has 0 atom stereocenters. The fourth-order valence-electron chi connectivity index (χ4n) is 1.85. The van der Waals surface area contributed by atoms with Gasteiger partial charge in [-0.3, -0.25) is 0 Å². The Bertz CT molecular complexity index is 869. The lowest BCUT2D eigenvalue weighted by Gasteiger charge is -2.13. The van der Waals surface area contributed by atoms with Gasteiger partial charge in [-0.15, -0.1) is 0 Å². The highest BCUT2D eigenvalue weighted by Crippen LogP contribution is 2.48. The maximum absolute atomic E-state index is 9.22. The van der Waals surface area contributed by atoms with E-state index in [0.29, 0.717) is 38.4 Å². The number of anilines is 2. The number of halogens is 3. The largest absolute Gasteiger partial charge is 0.351 e. The highest BCUT2D eigenvalue weighted by Gasteiger charge is 2.19. The number of nitrogens with zero attached hydrogens (tertiary/aromatic N) is 3. The highest BCUT2D eigenvalue weighted by atomic mass is 79.9. The van der Waals surface area contributed by atoms with Crippen LogP contribution in [0.25, 0.3) is 0 Å². The molecule has 1 N–H and O–H groups in total. The molecule has 0 bridgehead atoms. The van der Waals surface area contributed by atoms with E-state index in [0.717, 1.165) is 15.8 Å². The molecular weight excluding hydrogens is 395 g/mol. The predicted molar refractivity (Wildman–Crippen MR) is 90.1 cm³/mol. The first-order valence-corrected chi connectivity index (χ1v) is 7.95. The minimum Gasteiger partial charge on any atom is -0.351 e. The SMILES string of the molecule is N#Cc1cc(Br)ccc1Nc1c(Cl)cc(Cl)c2c1N=S=N2. The second-order valence-electron chi connectivity index (χ2n) is 4.10. The van der Waals surface area contributed by atoms with Crippen LogP contribution in [0.4, 0.5) is 22.7 Å². The van der Waals surface area contributed by atoms with Crippen molar-refractivity contribution in [1.29, 1.82) is 5.26 Å². The van der Waals surface area contributed by atoms with Crippen LogP contribution >= 0.6 is 39.1 Å². The van der Waals surface area contributed by atoms with Crippen molar-refractivity contribution in [3.63, 3.8) is 0 Å². The van der Waals surface area contributed by atoms with Gasteiger partial charge in [0.15, 0.2) is 0 Å². The van der Waals surface area contributed by atoms with Crippen molar-refractivity contribution in [2.75, 3.05) is 5.32 Å². The molecule has 1 aliphatic rings. The van der Waals surface area contributed by atoms with E-state index in [1.165, 1.54) is 0 Å². The summed E-state index contributed by atoms with van der Waals surface area (Å²) < 4.78 is 9.19. The lowest BCUT2D eigenvalue weighted by atomic mass is 10.1. The molecule has 0 amide bonds. The van der Waals surface area contributed by atoms with Crippen LogP contribution in [-0.2, 0) is 11.4 Å². The lowest BCUT2D eigenvalue weighted by Crippen LogP contribution is -1.95. The van der Waals surface area contributed by atoms with Gasteiger partial charge in [-0.1, -0.05) is 39.1 Å². The fourth-order valence-corrected chi connectivity index (χ4v) is 3.37. The zero-order valence-electron chi connectivity index (χ0n) is 10.2. The van der Waals surface area contributed by atoms with E-state index in [1.807, 2.05) is 6.07 Å². The van der Waals surface area contributed by atoms with Crippen LogP contribution in [0.3, 0.4) is 0 Å². The number of benzene rings is 2. The summed E-state index contributed by atoms with van der Waals surface area (Å²) in [7, 11) is 0. The normalized spacial score (nSPS) is 11.7. The van der Waals surface area contributed by atoms with Crippen LogP contribution < -0.4 is 5.32 Å². The van der Waals surface area contributed by atoms with Crippen LogP contribution in [0.1, 0.15) is 5.56 Å². The standard InChI is InChI=1S/C13H5BrCl2N4S/c14-7-1-2-10(6(3-7)5-17)18-11-8(15)4-9(16)12-13(11)20-21-19-12/h1-4,18H. The Morgan fingerprint density at radius 3 is 2.67 bits per heavy atom. The minimum atomic E-state index is 0.423. The Kier molecular flexibility index (Phi) is 4.00. The first-order chi connectivity index (χ1) is 10.1. The smallest absolute Gasteiger partial charge is 0.131 e. The first kappa shape index (κ1) is 14.5. The third-order valence-electron chi connectivity index (χ3n) is 2.81. The molecular formula is C13H5BrCl2N4S. The second kappa shape index (κ2) is 5.78. The molecule has 0 saturated heterocycles. The fraction of sp³-hybridized carbons (Fsp3) is 0. The van der Waals surface area contributed by atoms with Crippen LogP contribution in [0.5, 0.6) is 0 Å². The van der Waals surface area contributed by atoms with Crippen molar-refractivity contribution in [2.24, 2.45) is 8.73 Å². The summed E-state index contributed by atoms with van der Waals surface area (Å²) in [5.41, 5.74) is 2.89. The zero-order valence-corrected chi connectivity index (χ0v) is 14.1. The number of rotatable bonds is 2. The van der Waals surface area contributed by atoms with Crippen molar-refractivity contribution in [2.45, 2.75) is 0 Å². The van der Waals surface area contributed by atoms with Gasteiger partial charge in [0.25, 0.3) is 0 Å². The average molecular weight is 400 g/mol. The molecule has 0 saturated carbocycles. The Hall–Kier alpha value is -1.39. The van der Waals surface area contributed by atoms with E-state index < -0.39 is 0 Å². The van der Waals surface area contributed by atoms with Crippen LogP contribution in [0, 0.1) is 11.3 Å². The summed E-state index contributed by atoms with van der Waals surface area (Å²) >= 11 is 16.7. The van der Waals surface area contributed by atoms with E-state index in [1.54, 1.807) is 18.2 Å². The molecule has 0 aromatic heterocycles. The Morgan fingerprint density at radius 2 is 1.90 bits per heavy atom. The molecule has 0 unspecified atom stereocenters. The molecule has 8 heteroatoms. The quantitative estimate of drug-likeness (QED) is 0.565. The van der Waals surface area contributed by atoms with Gasteiger partial charge in [-0.05, 0) is 24.3 Å². The van der Waals surface area contributed by atoms with Gasteiger partial charge in [0.2, 0.25) is 0 Å². The number of nitrogens with one attached hydrogen (secondary N) is 1. The van der Waals surface area contributed by atoms with Gasteiger partial charge in [-0.2, -0.15) is 14.0 Å². The molecule has 0 spiro atoms. The van der Waals surface area contributed by atoms with Crippen LogP contribution in [-0.4, -0.2) is 0 Å². The topological polar surface area (TPSA) is 60.5 Å². The summed E-state index contributed by atoms with van der Waals surface area (Å²) in [4.78, 5) is 0. The van der Waals surface area contributed by atoms with E-state index in [4.69, 9.17) is 23.2 Å². The number of nitriles is 1. The Balaban J connectivity index is 2.11. The molecule has 21 heavy (non-hydrogen) atoms. The summed E-state index contributed by atoms with van der Waals surface area (Å²) in [6.45, 7) is 0. The molecule has 0 radical (unpaired) electrons. The molecule has 0 fully saturated rings. The molecule has 104 valence electrons. The van der Waals surface area contributed by atoms with Crippen molar-refractivity contribution < 1.29 is 0 Å². The van der Waals surface area contributed by atoms with Crippen molar-refractivity contribution in [3.05, 3.63) is 44.3 Å². The average Bonchev–Trinajstić information content (AvgIpc) is 2.94. The Labute approximate surface area is 142 Å². The van der Waals surface area contributed by atoms with E-state index in [-0.39, 0.29) is 0 Å². The molecule has 1 heterocycles. The number of fused-ring (bicyclic) bond motifs is 1. The number of hydrogen-bond donors (Lipinski definition) is 1. The zero-order chi connectivity index (χ0) is 15.0. The third-order valence-corrected chi connectivity index (χ3v) is 4.41. The molecule has 2 aromatic carbocycles. The van der Waals surface area contributed by atoms with Gasteiger partial charge in [-0.25, -0.2) is 0 Å². The number of hydrogen-bond acceptors (Lipinski definition) is 4. The molecule has 0 aliphatic carbocycles. The highest BCUT2D eigenvalue weighted by molar-refractivity contribution is 9.10. The molecule has 4 nitrogen and oxygen atoms in total. The lowest BCUT2D eigenvalue weighted by molar-refractivity contribution is 1.44. The molecule has 3 rings (SSSR count). The molecule has 2 aromatic rings. The van der Waals surface area contributed by atoms with Gasteiger partial charge in [0.05, 0.1) is 38.3 Å². The molecule has 1 aliphatic heterocycles. The van der Waals surface area contributed by atoms with Crippen molar-refractivity contribution >= 4 is 73.2 Å². The van der Waals surface area contributed by atoms with Crippen molar-refractivity contribution in [3.8, 4) is 6.07 Å². The first-order valence-electron chi connectivity index (χ1n) is 5.67.